The molecule has 110 valence electrons. The van der Waals surface area contributed by atoms with Gasteiger partial charge in [-0.1, -0.05) is 6.42 Å². The minimum atomic E-state index is -0.252. The number of carbonyl (C=O) groups excluding carboxylic acids is 3. The summed E-state index contributed by atoms with van der Waals surface area (Å²) in [6, 6.07) is 0. The smallest absolute Gasteiger partial charge is 0.306 e. The zero-order valence-corrected chi connectivity index (χ0v) is 12.5. The number of nitrogens with one attached hydrogen (secondary N) is 1. The van der Waals surface area contributed by atoms with Crippen LogP contribution in [0.2, 0.25) is 0 Å². The monoisotopic (exact) mass is 289 g/mol. The van der Waals surface area contributed by atoms with Gasteiger partial charge in [0.15, 0.2) is 0 Å². The molecule has 0 aliphatic heterocycles. The van der Waals surface area contributed by atoms with Crippen LogP contribution in [0.1, 0.15) is 39.0 Å². The van der Waals surface area contributed by atoms with E-state index in [0.717, 1.165) is 19.3 Å². The highest BCUT2D eigenvalue weighted by molar-refractivity contribution is 7.99. The van der Waals surface area contributed by atoms with E-state index in [2.05, 4.69) is 10.1 Å². The maximum atomic E-state index is 11.4. The van der Waals surface area contributed by atoms with Crippen molar-refractivity contribution in [1.29, 1.82) is 0 Å². The fourth-order valence-corrected chi connectivity index (χ4v) is 2.12. The van der Waals surface area contributed by atoms with Crippen molar-refractivity contribution < 1.29 is 19.1 Å². The van der Waals surface area contributed by atoms with Gasteiger partial charge in [-0.15, -0.1) is 0 Å². The van der Waals surface area contributed by atoms with Crippen molar-refractivity contribution in [2.24, 2.45) is 0 Å². The third-order valence-electron chi connectivity index (χ3n) is 2.44. The summed E-state index contributed by atoms with van der Waals surface area (Å²) >= 11 is 1.42. The Balaban J connectivity index is 3.30. The van der Waals surface area contributed by atoms with Crippen LogP contribution in [0.25, 0.3) is 0 Å². The number of unbranched alkanes of at least 4 members (excludes halogenated alkanes) is 2. The van der Waals surface area contributed by atoms with Gasteiger partial charge < -0.3 is 14.8 Å². The molecule has 6 heteroatoms. The minimum Gasteiger partial charge on any atom is -0.469 e. The van der Waals surface area contributed by atoms with Crippen LogP contribution in [0.3, 0.4) is 0 Å². The Morgan fingerprint density at radius 3 is 2.47 bits per heavy atom. The maximum Gasteiger partial charge on any atom is 0.306 e. The van der Waals surface area contributed by atoms with Crippen molar-refractivity contribution in [3.05, 3.63) is 0 Å². The number of esters is 1. The molecule has 0 atom stereocenters. The summed E-state index contributed by atoms with van der Waals surface area (Å²) in [5.74, 6) is 0.911. The molecule has 5 nitrogen and oxygen atoms in total. The number of rotatable bonds is 11. The van der Waals surface area contributed by atoms with Crippen LogP contribution in [-0.2, 0) is 19.1 Å². The Hall–Kier alpha value is -1.04. The van der Waals surface area contributed by atoms with Gasteiger partial charge in [-0.25, -0.2) is 0 Å². The lowest BCUT2D eigenvalue weighted by Gasteiger charge is -2.04. The van der Waals surface area contributed by atoms with E-state index in [4.69, 9.17) is 0 Å². The molecule has 1 amide bonds. The number of ether oxygens (including phenoxy) is 1. The van der Waals surface area contributed by atoms with E-state index in [0.29, 0.717) is 30.9 Å². The predicted octanol–water partition coefficient (Wildman–Crippen LogP) is 1.55. The number of hydrogen-bond acceptors (Lipinski definition) is 5. The molecule has 0 aromatic heterocycles. The SMILES string of the molecule is COC(=O)CCSCC(=O)NCCCCCC(C)=O. The van der Waals surface area contributed by atoms with Crippen LogP contribution in [0, 0.1) is 0 Å². The number of thioether (sulfide) groups is 1. The molecule has 1 N–H and O–H groups in total. The summed E-state index contributed by atoms with van der Waals surface area (Å²) in [6.45, 7) is 2.24. The van der Waals surface area contributed by atoms with Crippen molar-refractivity contribution >= 4 is 29.4 Å². The van der Waals surface area contributed by atoms with E-state index >= 15 is 0 Å². The molecule has 0 radical (unpaired) electrons. The van der Waals surface area contributed by atoms with Gasteiger partial charge in [-0.05, 0) is 19.8 Å². The van der Waals surface area contributed by atoms with E-state index in [1.54, 1.807) is 6.92 Å². The lowest BCUT2D eigenvalue weighted by molar-refractivity contribution is -0.140. The van der Waals surface area contributed by atoms with E-state index in [9.17, 15) is 14.4 Å². The van der Waals surface area contributed by atoms with Crippen molar-refractivity contribution in [2.45, 2.75) is 39.0 Å². The Labute approximate surface area is 118 Å². The van der Waals surface area contributed by atoms with Gasteiger partial charge >= 0.3 is 5.97 Å². The molecule has 0 saturated carbocycles. The van der Waals surface area contributed by atoms with Crippen molar-refractivity contribution in [2.75, 3.05) is 25.2 Å². The molecule has 0 saturated heterocycles. The van der Waals surface area contributed by atoms with Gasteiger partial charge in [-0.2, -0.15) is 11.8 Å². The standard InChI is InChI=1S/C13H23NO4S/c1-11(15)6-4-3-5-8-14-12(16)10-19-9-7-13(17)18-2/h3-10H2,1-2H3,(H,14,16). The lowest BCUT2D eigenvalue weighted by Crippen LogP contribution is -2.26. The van der Waals surface area contributed by atoms with E-state index in [1.165, 1.54) is 18.9 Å². The van der Waals surface area contributed by atoms with Crippen molar-refractivity contribution in [1.82, 2.24) is 5.32 Å². The molecule has 0 unspecified atom stereocenters. The van der Waals surface area contributed by atoms with Crippen LogP contribution in [0.4, 0.5) is 0 Å². The Morgan fingerprint density at radius 1 is 1.11 bits per heavy atom. The molecule has 0 spiro atoms. The van der Waals surface area contributed by atoms with E-state index in [-0.39, 0.29) is 17.7 Å². The van der Waals surface area contributed by atoms with Crippen LogP contribution in [-0.4, -0.2) is 42.8 Å². The number of methoxy groups -OCH3 is 1. The Bertz CT molecular complexity index is 294. The third kappa shape index (κ3) is 13.2. The van der Waals surface area contributed by atoms with Gasteiger partial charge in [0, 0.05) is 18.7 Å². The second-order valence-electron chi connectivity index (χ2n) is 4.24. The van der Waals surface area contributed by atoms with E-state index < -0.39 is 0 Å². The maximum absolute atomic E-state index is 11.4. The summed E-state index contributed by atoms with van der Waals surface area (Å²) in [6.07, 6.45) is 3.69. The van der Waals surface area contributed by atoms with Crippen LogP contribution >= 0.6 is 11.8 Å². The highest BCUT2D eigenvalue weighted by Crippen LogP contribution is 2.03. The summed E-state index contributed by atoms with van der Waals surface area (Å²) in [5, 5.41) is 2.81. The topological polar surface area (TPSA) is 72.5 Å². The molecule has 0 rings (SSSR count). The average Bonchev–Trinajstić information content (AvgIpc) is 2.38. The Kier molecular flexibility index (Phi) is 11.4. The molecule has 19 heavy (non-hydrogen) atoms. The Morgan fingerprint density at radius 2 is 1.84 bits per heavy atom. The lowest BCUT2D eigenvalue weighted by atomic mass is 10.1. The first kappa shape index (κ1) is 18.0. The number of Topliss-reactive ketones (excluding diaryl/α,β-unsaturated/α-hetero) is 1. The number of carbonyl (C=O) groups is 3. The average molecular weight is 289 g/mol. The molecule has 0 bridgehead atoms. The molecule has 0 aromatic rings. The highest BCUT2D eigenvalue weighted by atomic mass is 32.2. The van der Waals surface area contributed by atoms with Crippen molar-refractivity contribution in [3.63, 3.8) is 0 Å². The summed E-state index contributed by atoms with van der Waals surface area (Å²) in [4.78, 5) is 32.9. The quantitative estimate of drug-likeness (QED) is 0.461. The van der Waals surface area contributed by atoms with Gasteiger partial charge in [0.1, 0.15) is 5.78 Å². The zero-order valence-electron chi connectivity index (χ0n) is 11.7. The molecule has 0 aliphatic rings. The highest BCUT2D eigenvalue weighted by Gasteiger charge is 2.03. The molecule has 0 heterocycles. The van der Waals surface area contributed by atoms with Crippen molar-refractivity contribution in [3.8, 4) is 0 Å². The fraction of sp³-hybridized carbons (Fsp3) is 0.769. The van der Waals surface area contributed by atoms with Gasteiger partial charge in [-0.3, -0.25) is 9.59 Å². The first-order valence-electron chi connectivity index (χ1n) is 6.47. The second kappa shape index (κ2) is 12.0. The summed E-state index contributed by atoms with van der Waals surface area (Å²) in [5.41, 5.74) is 0. The first-order valence-corrected chi connectivity index (χ1v) is 7.62. The first-order chi connectivity index (χ1) is 9.06. The summed E-state index contributed by atoms with van der Waals surface area (Å²) in [7, 11) is 1.35. The van der Waals surface area contributed by atoms with E-state index in [1.807, 2.05) is 0 Å². The number of hydrogen-bond donors (Lipinski definition) is 1. The predicted molar refractivity (Wildman–Crippen MR) is 76.1 cm³/mol. The molecule has 0 fully saturated rings. The zero-order chi connectivity index (χ0) is 14.5. The number of ketones is 1. The minimum absolute atomic E-state index is 0.0126. The molecular formula is C13H23NO4S. The second-order valence-corrected chi connectivity index (χ2v) is 5.35. The van der Waals surface area contributed by atoms with Gasteiger partial charge in [0.25, 0.3) is 0 Å². The molecule has 0 aliphatic carbocycles. The molecule has 0 aromatic carbocycles. The molecular weight excluding hydrogens is 266 g/mol. The van der Waals surface area contributed by atoms with Gasteiger partial charge in [0.2, 0.25) is 5.91 Å². The number of amides is 1. The normalized spacial score (nSPS) is 10.0. The van der Waals surface area contributed by atoms with Crippen LogP contribution in [0.5, 0.6) is 0 Å². The van der Waals surface area contributed by atoms with Gasteiger partial charge in [0.05, 0.1) is 19.3 Å². The van der Waals surface area contributed by atoms with Crippen LogP contribution < -0.4 is 5.32 Å². The third-order valence-corrected chi connectivity index (χ3v) is 3.40. The fourth-order valence-electron chi connectivity index (χ4n) is 1.38. The summed E-state index contributed by atoms with van der Waals surface area (Å²) < 4.78 is 4.50. The van der Waals surface area contributed by atoms with Crippen LogP contribution in [0.15, 0.2) is 0 Å². The largest absolute Gasteiger partial charge is 0.469 e.